The largest absolute Gasteiger partial charge is 0.444 e. The molecule has 124 valence electrons. The van der Waals surface area contributed by atoms with Gasteiger partial charge in [0.15, 0.2) is 0 Å². The van der Waals surface area contributed by atoms with E-state index in [0.29, 0.717) is 18.9 Å². The van der Waals surface area contributed by atoms with Gasteiger partial charge in [-0.1, -0.05) is 11.8 Å². The second-order valence-electron chi connectivity index (χ2n) is 6.56. The van der Waals surface area contributed by atoms with E-state index in [-0.39, 0.29) is 12.0 Å². The quantitative estimate of drug-likeness (QED) is 0.701. The molecule has 0 unspecified atom stereocenters. The molecule has 0 spiro atoms. The van der Waals surface area contributed by atoms with E-state index >= 15 is 0 Å². The van der Waals surface area contributed by atoms with Crippen LogP contribution >= 0.6 is 15.9 Å². The number of pyridine rings is 1. The van der Waals surface area contributed by atoms with Gasteiger partial charge in [-0.3, -0.25) is 0 Å². The molecule has 6 heteroatoms. The van der Waals surface area contributed by atoms with Crippen molar-refractivity contribution in [2.45, 2.75) is 39.2 Å². The van der Waals surface area contributed by atoms with Gasteiger partial charge in [-0.15, -0.1) is 0 Å². The van der Waals surface area contributed by atoms with Gasteiger partial charge in [0.05, 0.1) is 5.56 Å². The number of hydrogen-bond donors (Lipinski definition) is 1. The number of aromatic nitrogens is 1. The molecule has 5 nitrogen and oxygen atoms in total. The van der Waals surface area contributed by atoms with Crippen LogP contribution in [0.3, 0.4) is 0 Å². The Labute approximate surface area is 145 Å². The van der Waals surface area contributed by atoms with Crippen molar-refractivity contribution in [3.05, 3.63) is 22.3 Å². The molecule has 1 saturated heterocycles. The van der Waals surface area contributed by atoms with E-state index in [9.17, 15) is 4.79 Å². The highest BCUT2D eigenvalue weighted by atomic mass is 79.9. The molecular weight excluding hydrogens is 358 g/mol. The van der Waals surface area contributed by atoms with Crippen molar-refractivity contribution in [3.8, 4) is 11.8 Å². The third-order valence-electron chi connectivity index (χ3n) is 3.48. The molecule has 0 atom stereocenters. The molecular formula is C17H22BrN3O2. The number of amides is 1. The minimum atomic E-state index is -0.460. The summed E-state index contributed by atoms with van der Waals surface area (Å²) < 4.78 is 6.24. The van der Waals surface area contributed by atoms with Crippen LogP contribution in [0.4, 0.5) is 10.6 Å². The lowest BCUT2D eigenvalue weighted by Crippen LogP contribution is -2.41. The smallest absolute Gasteiger partial charge is 0.410 e. The summed E-state index contributed by atoms with van der Waals surface area (Å²) in [6, 6.07) is 1.82. The molecule has 0 radical (unpaired) electrons. The first-order chi connectivity index (χ1) is 10.8. The standard InChI is InChI=1S/C17H22BrN3O2/c1-17(2,3)23-16(22)21-10-7-12(8-11-21)4-5-13-14(18)6-9-20-15(13)19/h6,9,12H,7-8,10-11H2,1-3H3,(H2,19,20). The number of nitrogens with zero attached hydrogens (tertiary/aromatic N) is 2. The number of piperidine rings is 1. The van der Waals surface area contributed by atoms with E-state index in [1.807, 2.05) is 26.8 Å². The summed E-state index contributed by atoms with van der Waals surface area (Å²) in [7, 11) is 0. The average molecular weight is 380 g/mol. The highest BCUT2D eigenvalue weighted by molar-refractivity contribution is 9.10. The Hall–Kier alpha value is -1.74. The number of halogens is 1. The third kappa shape index (κ3) is 5.14. The topological polar surface area (TPSA) is 68.5 Å². The van der Waals surface area contributed by atoms with Crippen molar-refractivity contribution in [1.82, 2.24) is 9.88 Å². The molecule has 1 amide bonds. The van der Waals surface area contributed by atoms with Gasteiger partial charge in [-0.05, 0) is 55.6 Å². The number of ether oxygens (including phenoxy) is 1. The molecule has 1 aromatic heterocycles. The van der Waals surface area contributed by atoms with Gasteiger partial charge >= 0.3 is 6.09 Å². The molecule has 2 N–H and O–H groups in total. The minimum Gasteiger partial charge on any atom is -0.444 e. The summed E-state index contributed by atoms with van der Waals surface area (Å²) in [5.41, 5.74) is 6.11. The summed E-state index contributed by atoms with van der Waals surface area (Å²) in [5, 5.41) is 0. The second-order valence-corrected chi connectivity index (χ2v) is 7.42. The monoisotopic (exact) mass is 379 g/mol. The SMILES string of the molecule is CC(C)(C)OC(=O)N1CCC(C#Cc2c(Br)ccnc2N)CC1. The first-order valence-electron chi connectivity index (χ1n) is 7.66. The molecule has 2 heterocycles. The van der Waals surface area contributed by atoms with E-state index in [2.05, 4.69) is 32.8 Å². The summed E-state index contributed by atoms with van der Waals surface area (Å²) >= 11 is 3.44. The molecule has 0 bridgehead atoms. The number of carbonyl (C=O) groups excluding carboxylic acids is 1. The molecule has 1 aliphatic rings. The average Bonchev–Trinajstić information content (AvgIpc) is 2.45. The van der Waals surface area contributed by atoms with Crippen molar-refractivity contribution in [2.24, 2.45) is 5.92 Å². The maximum atomic E-state index is 12.0. The van der Waals surface area contributed by atoms with E-state index in [1.54, 1.807) is 11.1 Å². The summed E-state index contributed by atoms with van der Waals surface area (Å²) in [5.74, 6) is 7.04. The Bertz CT molecular complexity index is 615. The predicted octanol–water partition coefficient (Wildman–Crippen LogP) is 3.42. The number of hydrogen-bond acceptors (Lipinski definition) is 4. The Morgan fingerprint density at radius 2 is 2.09 bits per heavy atom. The zero-order valence-electron chi connectivity index (χ0n) is 13.7. The lowest BCUT2D eigenvalue weighted by Gasteiger charge is -2.31. The molecule has 0 saturated carbocycles. The fraction of sp³-hybridized carbons (Fsp3) is 0.529. The normalized spacial score (nSPS) is 15.7. The van der Waals surface area contributed by atoms with Crippen LogP contribution in [0, 0.1) is 17.8 Å². The van der Waals surface area contributed by atoms with Crippen molar-refractivity contribution >= 4 is 27.8 Å². The van der Waals surface area contributed by atoms with E-state index < -0.39 is 5.60 Å². The molecule has 0 aromatic carbocycles. The van der Waals surface area contributed by atoms with Crippen LogP contribution in [-0.2, 0) is 4.74 Å². The van der Waals surface area contributed by atoms with E-state index in [0.717, 1.165) is 22.9 Å². The maximum Gasteiger partial charge on any atom is 0.410 e. The Morgan fingerprint density at radius 3 is 2.65 bits per heavy atom. The van der Waals surface area contributed by atoms with Crippen LogP contribution in [0.15, 0.2) is 16.7 Å². The van der Waals surface area contributed by atoms with Crippen LogP contribution in [0.1, 0.15) is 39.2 Å². The van der Waals surface area contributed by atoms with Gasteiger partial charge in [0.1, 0.15) is 11.4 Å². The Kier molecular flexibility index (Phi) is 5.53. The lowest BCUT2D eigenvalue weighted by atomic mass is 9.97. The second kappa shape index (κ2) is 7.22. The van der Waals surface area contributed by atoms with Gasteiger partial charge in [-0.25, -0.2) is 9.78 Å². The van der Waals surface area contributed by atoms with E-state index in [1.165, 1.54) is 0 Å². The van der Waals surface area contributed by atoms with Crippen LogP contribution in [0.5, 0.6) is 0 Å². The number of carbonyl (C=O) groups is 1. The number of likely N-dealkylation sites (tertiary alicyclic amines) is 1. The fourth-order valence-electron chi connectivity index (χ4n) is 2.28. The van der Waals surface area contributed by atoms with Crippen LogP contribution in [-0.4, -0.2) is 34.7 Å². The fourth-order valence-corrected chi connectivity index (χ4v) is 2.70. The number of rotatable bonds is 0. The van der Waals surface area contributed by atoms with Crippen LogP contribution in [0.25, 0.3) is 0 Å². The van der Waals surface area contributed by atoms with Crippen molar-refractivity contribution in [3.63, 3.8) is 0 Å². The van der Waals surface area contributed by atoms with Crippen molar-refractivity contribution in [2.75, 3.05) is 18.8 Å². The highest BCUT2D eigenvalue weighted by Crippen LogP contribution is 2.22. The van der Waals surface area contributed by atoms with Gasteiger partial charge < -0.3 is 15.4 Å². The van der Waals surface area contributed by atoms with Gasteiger partial charge in [-0.2, -0.15) is 0 Å². The maximum absolute atomic E-state index is 12.0. The third-order valence-corrected chi connectivity index (χ3v) is 4.14. The Balaban J connectivity index is 1.93. The summed E-state index contributed by atoms with van der Waals surface area (Å²) in [6.45, 7) is 6.95. The number of nitrogens with two attached hydrogens (primary N) is 1. The lowest BCUT2D eigenvalue weighted by molar-refractivity contribution is 0.0199. The minimum absolute atomic E-state index is 0.247. The summed E-state index contributed by atoms with van der Waals surface area (Å²) in [6.07, 6.45) is 3.07. The predicted molar refractivity (Wildman–Crippen MR) is 93.8 cm³/mol. The molecule has 23 heavy (non-hydrogen) atoms. The molecule has 1 aliphatic heterocycles. The van der Waals surface area contributed by atoms with Crippen LogP contribution in [0.2, 0.25) is 0 Å². The summed E-state index contributed by atoms with van der Waals surface area (Å²) in [4.78, 5) is 17.8. The molecule has 1 aromatic rings. The zero-order valence-corrected chi connectivity index (χ0v) is 15.3. The van der Waals surface area contributed by atoms with Crippen molar-refractivity contribution in [1.29, 1.82) is 0 Å². The first kappa shape index (κ1) is 17.6. The zero-order chi connectivity index (χ0) is 17.0. The number of anilines is 1. The van der Waals surface area contributed by atoms with Gasteiger partial charge in [0.25, 0.3) is 0 Å². The van der Waals surface area contributed by atoms with Gasteiger partial charge in [0, 0.05) is 29.7 Å². The van der Waals surface area contributed by atoms with Gasteiger partial charge in [0.2, 0.25) is 0 Å². The molecule has 2 rings (SSSR count). The molecule has 0 aliphatic carbocycles. The molecule has 1 fully saturated rings. The van der Waals surface area contributed by atoms with E-state index in [4.69, 9.17) is 10.5 Å². The van der Waals surface area contributed by atoms with Crippen molar-refractivity contribution < 1.29 is 9.53 Å². The first-order valence-corrected chi connectivity index (χ1v) is 8.45. The number of nitrogen functional groups attached to an aromatic ring is 1. The van der Waals surface area contributed by atoms with Crippen LogP contribution < -0.4 is 5.73 Å². The highest BCUT2D eigenvalue weighted by Gasteiger charge is 2.26. The Morgan fingerprint density at radius 1 is 1.43 bits per heavy atom.